The molecule has 2 atom stereocenters. The van der Waals surface area contributed by atoms with Crippen molar-refractivity contribution in [1.82, 2.24) is 4.98 Å². The quantitative estimate of drug-likeness (QED) is 0.788. The number of aliphatic hydroxyl groups is 1. The Morgan fingerprint density at radius 2 is 2.30 bits per heavy atom. The molecule has 1 fully saturated rings. The van der Waals surface area contributed by atoms with Gasteiger partial charge in [-0.1, -0.05) is 19.8 Å². The molecule has 1 aromatic heterocycles. The Kier molecular flexibility index (Phi) is 4.28. The number of nitrogens with zero attached hydrogens (tertiary/aromatic N) is 1. The maximum absolute atomic E-state index is 10.9. The summed E-state index contributed by atoms with van der Waals surface area (Å²) in [7, 11) is 0. The van der Waals surface area contributed by atoms with E-state index in [1.807, 2.05) is 0 Å². The molecule has 0 radical (unpaired) electrons. The van der Waals surface area contributed by atoms with E-state index in [1.54, 1.807) is 19.1 Å². The second-order valence-corrected chi connectivity index (χ2v) is 5.91. The first kappa shape index (κ1) is 14.8. The van der Waals surface area contributed by atoms with E-state index in [1.165, 1.54) is 6.42 Å². The van der Waals surface area contributed by atoms with Crippen LogP contribution in [0.5, 0.6) is 0 Å². The molecular formula is C15H22N2O3. The first-order valence-electron chi connectivity index (χ1n) is 7.07. The number of anilines is 1. The molecule has 1 saturated carbocycles. The van der Waals surface area contributed by atoms with Gasteiger partial charge in [-0.3, -0.25) is 0 Å². The molecule has 0 amide bonds. The molecule has 5 nitrogen and oxygen atoms in total. The molecule has 0 spiro atoms. The third-order valence-corrected chi connectivity index (χ3v) is 3.98. The van der Waals surface area contributed by atoms with Gasteiger partial charge in [0.2, 0.25) is 0 Å². The van der Waals surface area contributed by atoms with Crippen LogP contribution in [0, 0.1) is 12.8 Å². The Morgan fingerprint density at radius 3 is 2.90 bits per heavy atom. The van der Waals surface area contributed by atoms with Gasteiger partial charge in [0.1, 0.15) is 5.82 Å². The fourth-order valence-electron chi connectivity index (χ4n) is 2.93. The number of carbonyl (C=O) groups is 1. The zero-order chi connectivity index (χ0) is 14.8. The number of carboxylic acids is 1. The lowest BCUT2D eigenvalue weighted by Crippen LogP contribution is -2.41. The molecular weight excluding hydrogens is 256 g/mol. The Bertz CT molecular complexity index is 504. The van der Waals surface area contributed by atoms with Crippen LogP contribution in [0.15, 0.2) is 12.1 Å². The predicted molar refractivity (Wildman–Crippen MR) is 77.0 cm³/mol. The van der Waals surface area contributed by atoms with Gasteiger partial charge in [0.25, 0.3) is 0 Å². The summed E-state index contributed by atoms with van der Waals surface area (Å²) in [5.74, 6) is 0.181. The highest BCUT2D eigenvalue weighted by Crippen LogP contribution is 2.32. The molecule has 0 aromatic carbocycles. The van der Waals surface area contributed by atoms with Crippen molar-refractivity contribution in [2.24, 2.45) is 5.92 Å². The van der Waals surface area contributed by atoms with Crippen molar-refractivity contribution in [3.8, 4) is 0 Å². The van der Waals surface area contributed by atoms with Gasteiger partial charge in [-0.05, 0) is 37.8 Å². The van der Waals surface area contributed by atoms with Gasteiger partial charge < -0.3 is 15.5 Å². The van der Waals surface area contributed by atoms with Crippen molar-refractivity contribution >= 4 is 11.8 Å². The number of carboxylic acid groups (broad SMARTS) is 1. The van der Waals surface area contributed by atoms with Gasteiger partial charge in [-0.25, -0.2) is 9.78 Å². The van der Waals surface area contributed by atoms with Crippen LogP contribution in [0.4, 0.5) is 5.82 Å². The lowest BCUT2D eigenvalue weighted by molar-refractivity contribution is -0.000840. The van der Waals surface area contributed by atoms with Crippen LogP contribution in [0.2, 0.25) is 0 Å². The van der Waals surface area contributed by atoms with Gasteiger partial charge in [0.15, 0.2) is 0 Å². The fourth-order valence-corrected chi connectivity index (χ4v) is 2.93. The Morgan fingerprint density at radius 1 is 1.55 bits per heavy atom. The molecule has 5 heteroatoms. The molecule has 110 valence electrons. The fraction of sp³-hybridized carbons (Fsp3) is 0.600. The number of pyridine rings is 1. The van der Waals surface area contributed by atoms with E-state index in [2.05, 4.69) is 17.2 Å². The van der Waals surface area contributed by atoms with E-state index in [0.717, 1.165) is 19.3 Å². The van der Waals surface area contributed by atoms with E-state index >= 15 is 0 Å². The first-order valence-corrected chi connectivity index (χ1v) is 7.07. The second kappa shape index (κ2) is 5.79. The Hall–Kier alpha value is -1.62. The van der Waals surface area contributed by atoms with E-state index < -0.39 is 11.6 Å². The molecule has 2 unspecified atom stereocenters. The lowest BCUT2D eigenvalue weighted by Gasteiger charge is -2.35. The minimum Gasteiger partial charge on any atom is -0.478 e. The molecule has 0 saturated heterocycles. The van der Waals surface area contributed by atoms with Gasteiger partial charge in [-0.2, -0.15) is 0 Å². The van der Waals surface area contributed by atoms with Crippen LogP contribution in [0.25, 0.3) is 0 Å². The maximum Gasteiger partial charge on any atom is 0.337 e. The van der Waals surface area contributed by atoms with Crippen molar-refractivity contribution in [3.63, 3.8) is 0 Å². The summed E-state index contributed by atoms with van der Waals surface area (Å²) in [6.07, 6.45) is 3.82. The number of hydrogen-bond donors (Lipinski definition) is 3. The van der Waals surface area contributed by atoms with Crippen LogP contribution in [0.3, 0.4) is 0 Å². The number of rotatable bonds is 4. The summed E-state index contributed by atoms with van der Waals surface area (Å²) in [6.45, 7) is 4.29. The molecule has 0 bridgehead atoms. The van der Waals surface area contributed by atoms with Crippen molar-refractivity contribution in [2.75, 3.05) is 11.9 Å². The Balaban J connectivity index is 2.00. The molecule has 20 heavy (non-hydrogen) atoms. The van der Waals surface area contributed by atoms with E-state index in [4.69, 9.17) is 5.11 Å². The monoisotopic (exact) mass is 278 g/mol. The van der Waals surface area contributed by atoms with Crippen molar-refractivity contribution < 1.29 is 15.0 Å². The number of hydrogen-bond acceptors (Lipinski definition) is 4. The summed E-state index contributed by atoms with van der Waals surface area (Å²) in [5, 5.41) is 22.6. The highest BCUT2D eigenvalue weighted by molar-refractivity contribution is 5.89. The average molecular weight is 278 g/mol. The average Bonchev–Trinajstić information content (AvgIpc) is 2.36. The highest BCUT2D eigenvalue weighted by Gasteiger charge is 2.32. The summed E-state index contributed by atoms with van der Waals surface area (Å²) in [4.78, 5) is 15.2. The number of aromatic carboxylic acids is 1. The van der Waals surface area contributed by atoms with E-state index in [9.17, 15) is 9.90 Å². The Labute approximate surface area is 119 Å². The van der Waals surface area contributed by atoms with E-state index in [-0.39, 0.29) is 5.56 Å². The normalized spacial score (nSPS) is 26.2. The van der Waals surface area contributed by atoms with Crippen LogP contribution < -0.4 is 5.32 Å². The topological polar surface area (TPSA) is 82.5 Å². The number of nitrogens with one attached hydrogen (secondary N) is 1. The SMILES string of the molecule is Cc1nc(NCC2(O)CCCC(C)C2)ccc1C(=O)O. The largest absolute Gasteiger partial charge is 0.478 e. The minimum absolute atomic E-state index is 0.209. The van der Waals surface area contributed by atoms with Gasteiger partial charge in [0.05, 0.1) is 16.9 Å². The molecule has 3 N–H and O–H groups in total. The summed E-state index contributed by atoms with van der Waals surface area (Å²) < 4.78 is 0. The highest BCUT2D eigenvalue weighted by atomic mass is 16.4. The summed E-state index contributed by atoms with van der Waals surface area (Å²) in [6, 6.07) is 3.19. The molecule has 1 aromatic rings. The lowest BCUT2D eigenvalue weighted by atomic mass is 9.79. The van der Waals surface area contributed by atoms with E-state index in [0.29, 0.717) is 24.0 Å². The first-order chi connectivity index (χ1) is 9.39. The number of aromatic nitrogens is 1. The van der Waals surface area contributed by atoms with Crippen molar-refractivity contribution in [3.05, 3.63) is 23.4 Å². The molecule has 1 heterocycles. The predicted octanol–water partition coefficient (Wildman–Crippen LogP) is 2.44. The van der Waals surface area contributed by atoms with Crippen molar-refractivity contribution in [1.29, 1.82) is 0 Å². The standard InChI is InChI=1S/C15H22N2O3/c1-10-4-3-7-15(20,8-10)9-16-13-6-5-12(14(18)19)11(2)17-13/h5-6,10,20H,3-4,7-9H2,1-2H3,(H,16,17)(H,18,19). The van der Waals surface area contributed by atoms with Crippen LogP contribution in [-0.4, -0.2) is 33.3 Å². The number of aryl methyl sites for hydroxylation is 1. The summed E-state index contributed by atoms with van der Waals surface area (Å²) >= 11 is 0. The maximum atomic E-state index is 10.9. The van der Waals surface area contributed by atoms with Crippen LogP contribution in [0.1, 0.15) is 48.7 Å². The van der Waals surface area contributed by atoms with Gasteiger partial charge >= 0.3 is 5.97 Å². The zero-order valence-electron chi connectivity index (χ0n) is 12.0. The van der Waals surface area contributed by atoms with Crippen LogP contribution >= 0.6 is 0 Å². The second-order valence-electron chi connectivity index (χ2n) is 5.91. The molecule has 0 aliphatic heterocycles. The third-order valence-electron chi connectivity index (χ3n) is 3.98. The molecule has 1 aliphatic carbocycles. The molecule has 2 rings (SSSR count). The van der Waals surface area contributed by atoms with Crippen LogP contribution in [-0.2, 0) is 0 Å². The third kappa shape index (κ3) is 3.48. The summed E-state index contributed by atoms with van der Waals surface area (Å²) in [5.41, 5.74) is 0.00526. The smallest absolute Gasteiger partial charge is 0.337 e. The zero-order valence-corrected chi connectivity index (χ0v) is 12.0. The van der Waals surface area contributed by atoms with Gasteiger partial charge in [-0.15, -0.1) is 0 Å². The van der Waals surface area contributed by atoms with Crippen molar-refractivity contribution in [2.45, 2.75) is 45.1 Å². The molecule has 1 aliphatic rings. The van der Waals surface area contributed by atoms with Gasteiger partial charge in [0, 0.05) is 6.54 Å². The minimum atomic E-state index is -0.971.